The largest absolute Gasteiger partial charge is 0.394 e. The molecule has 2 rings (SSSR count). The fraction of sp³-hybridized carbons (Fsp3) is 0.692. The fourth-order valence-corrected chi connectivity index (χ4v) is 2.45. The summed E-state index contributed by atoms with van der Waals surface area (Å²) in [5, 5.41) is 9.30. The van der Waals surface area contributed by atoms with Gasteiger partial charge in [0, 0.05) is 32.0 Å². The van der Waals surface area contributed by atoms with E-state index in [-0.39, 0.29) is 18.3 Å². The van der Waals surface area contributed by atoms with E-state index < -0.39 is 5.60 Å². The summed E-state index contributed by atoms with van der Waals surface area (Å²) in [5.41, 5.74) is -0.508. The lowest BCUT2D eigenvalue weighted by atomic mass is 10.1. The van der Waals surface area contributed by atoms with Gasteiger partial charge in [0.15, 0.2) is 5.82 Å². The van der Waals surface area contributed by atoms with Gasteiger partial charge in [-0.15, -0.1) is 0 Å². The predicted octanol–water partition coefficient (Wildman–Crippen LogP) is 0.239. The van der Waals surface area contributed by atoms with Crippen LogP contribution in [0.4, 0.5) is 5.82 Å². The van der Waals surface area contributed by atoms with Gasteiger partial charge in [0.2, 0.25) is 0 Å². The number of ether oxygens (including phenoxy) is 1. The zero-order valence-corrected chi connectivity index (χ0v) is 11.7. The van der Waals surface area contributed by atoms with Crippen molar-refractivity contribution in [3.8, 4) is 0 Å². The Bertz CT molecular complexity index is 498. The highest BCUT2D eigenvalue weighted by Crippen LogP contribution is 2.22. The number of aromatic nitrogens is 2. The van der Waals surface area contributed by atoms with Crippen molar-refractivity contribution in [3.05, 3.63) is 22.7 Å². The monoisotopic (exact) mass is 267 g/mol. The maximum atomic E-state index is 12.3. The Balaban J connectivity index is 2.33. The van der Waals surface area contributed by atoms with Crippen LogP contribution in [0.25, 0.3) is 0 Å². The predicted molar refractivity (Wildman–Crippen MR) is 72.4 cm³/mol. The number of nitrogens with zero attached hydrogens (tertiary/aromatic N) is 3. The molecule has 1 aliphatic heterocycles. The van der Waals surface area contributed by atoms with Gasteiger partial charge >= 0.3 is 0 Å². The Labute approximate surface area is 112 Å². The van der Waals surface area contributed by atoms with Crippen molar-refractivity contribution in [2.45, 2.75) is 39.0 Å². The lowest BCUT2D eigenvalue weighted by molar-refractivity contribution is -0.101. The van der Waals surface area contributed by atoms with Crippen LogP contribution in [0.5, 0.6) is 0 Å². The van der Waals surface area contributed by atoms with E-state index >= 15 is 0 Å². The molecule has 1 aromatic rings. The smallest absolute Gasteiger partial charge is 0.293 e. The van der Waals surface area contributed by atoms with Gasteiger partial charge in [-0.25, -0.2) is 4.98 Å². The average Bonchev–Trinajstić information content (AvgIpc) is 2.37. The van der Waals surface area contributed by atoms with E-state index in [4.69, 9.17) is 4.74 Å². The van der Waals surface area contributed by atoms with Gasteiger partial charge in [-0.1, -0.05) is 0 Å². The van der Waals surface area contributed by atoms with Crippen LogP contribution in [0.2, 0.25) is 0 Å². The summed E-state index contributed by atoms with van der Waals surface area (Å²) in [5.74, 6) is 0.430. The number of rotatable bonds is 3. The molecule has 6 heteroatoms. The van der Waals surface area contributed by atoms with Crippen LogP contribution in [0.1, 0.15) is 20.8 Å². The van der Waals surface area contributed by atoms with E-state index in [0.29, 0.717) is 25.5 Å². The standard InChI is InChI=1S/C13H21N3O3/c1-4-15-6-5-14-11(12(15)18)16-7-10(8-17)19-13(2,3)9-16/h5-6,10,17H,4,7-9H2,1-3H3. The summed E-state index contributed by atoms with van der Waals surface area (Å²) in [4.78, 5) is 18.4. The molecule has 0 spiro atoms. The van der Waals surface area contributed by atoms with Crippen molar-refractivity contribution in [3.63, 3.8) is 0 Å². The van der Waals surface area contributed by atoms with Crippen molar-refractivity contribution in [1.82, 2.24) is 9.55 Å². The van der Waals surface area contributed by atoms with Gasteiger partial charge in [0.25, 0.3) is 5.56 Å². The number of aliphatic hydroxyl groups excluding tert-OH is 1. The van der Waals surface area contributed by atoms with E-state index in [1.54, 1.807) is 17.0 Å². The second-order valence-electron chi connectivity index (χ2n) is 5.40. The number of aryl methyl sites for hydroxylation is 1. The lowest BCUT2D eigenvalue weighted by Crippen LogP contribution is -2.55. The molecule has 1 atom stereocenters. The Morgan fingerprint density at radius 1 is 1.58 bits per heavy atom. The second kappa shape index (κ2) is 5.30. The summed E-state index contributed by atoms with van der Waals surface area (Å²) in [6, 6.07) is 0. The maximum Gasteiger partial charge on any atom is 0.293 e. The fourth-order valence-electron chi connectivity index (χ4n) is 2.45. The second-order valence-corrected chi connectivity index (χ2v) is 5.40. The molecule has 1 saturated heterocycles. The summed E-state index contributed by atoms with van der Waals surface area (Å²) in [6.45, 7) is 7.44. The van der Waals surface area contributed by atoms with Crippen molar-refractivity contribution < 1.29 is 9.84 Å². The van der Waals surface area contributed by atoms with Gasteiger partial charge in [0.1, 0.15) is 0 Å². The molecule has 0 amide bonds. The van der Waals surface area contributed by atoms with Gasteiger partial charge in [-0.05, 0) is 20.8 Å². The zero-order valence-electron chi connectivity index (χ0n) is 11.7. The minimum atomic E-state index is -0.410. The molecular formula is C13H21N3O3. The molecule has 106 valence electrons. The van der Waals surface area contributed by atoms with Crippen molar-refractivity contribution in [2.24, 2.45) is 0 Å². The highest BCUT2D eigenvalue weighted by Gasteiger charge is 2.34. The van der Waals surface area contributed by atoms with Crippen LogP contribution in [-0.4, -0.2) is 46.1 Å². The average molecular weight is 267 g/mol. The molecule has 1 unspecified atom stereocenters. The highest BCUT2D eigenvalue weighted by molar-refractivity contribution is 5.37. The minimum Gasteiger partial charge on any atom is -0.394 e. The molecule has 1 fully saturated rings. The van der Waals surface area contributed by atoms with Crippen LogP contribution >= 0.6 is 0 Å². The molecule has 0 radical (unpaired) electrons. The van der Waals surface area contributed by atoms with E-state index in [1.165, 1.54) is 0 Å². The van der Waals surface area contributed by atoms with Crippen LogP contribution in [0, 0.1) is 0 Å². The first-order chi connectivity index (χ1) is 8.96. The summed E-state index contributed by atoms with van der Waals surface area (Å²) < 4.78 is 7.37. The van der Waals surface area contributed by atoms with Gasteiger partial charge in [-0.3, -0.25) is 4.79 Å². The SMILES string of the molecule is CCn1ccnc(N2CC(CO)OC(C)(C)C2)c1=O. The number of hydrogen-bond donors (Lipinski definition) is 1. The molecular weight excluding hydrogens is 246 g/mol. The summed E-state index contributed by atoms with van der Waals surface area (Å²) in [7, 11) is 0. The molecule has 0 aliphatic carbocycles. The highest BCUT2D eigenvalue weighted by atomic mass is 16.5. The Kier molecular flexibility index (Phi) is 3.91. The topological polar surface area (TPSA) is 67.6 Å². The van der Waals surface area contributed by atoms with E-state index in [0.717, 1.165) is 0 Å². The van der Waals surface area contributed by atoms with Crippen LogP contribution in [0.15, 0.2) is 17.2 Å². The van der Waals surface area contributed by atoms with Crippen molar-refractivity contribution in [2.75, 3.05) is 24.6 Å². The lowest BCUT2D eigenvalue weighted by Gasteiger charge is -2.42. The molecule has 1 aliphatic rings. The molecule has 0 aromatic carbocycles. The zero-order chi connectivity index (χ0) is 14.0. The van der Waals surface area contributed by atoms with Gasteiger partial charge in [0.05, 0.1) is 18.3 Å². The van der Waals surface area contributed by atoms with Crippen molar-refractivity contribution in [1.29, 1.82) is 0 Å². The third-order valence-corrected chi connectivity index (χ3v) is 3.22. The molecule has 6 nitrogen and oxygen atoms in total. The van der Waals surface area contributed by atoms with E-state index in [9.17, 15) is 9.90 Å². The maximum absolute atomic E-state index is 12.3. The molecule has 0 bridgehead atoms. The molecule has 0 saturated carbocycles. The molecule has 1 aromatic heterocycles. The summed E-state index contributed by atoms with van der Waals surface area (Å²) >= 11 is 0. The van der Waals surface area contributed by atoms with Crippen LogP contribution in [-0.2, 0) is 11.3 Å². The quantitative estimate of drug-likeness (QED) is 0.849. The molecule has 1 N–H and O–H groups in total. The number of anilines is 1. The number of aliphatic hydroxyl groups is 1. The first kappa shape index (κ1) is 14.0. The third-order valence-electron chi connectivity index (χ3n) is 3.22. The Morgan fingerprint density at radius 3 is 2.95 bits per heavy atom. The molecule has 19 heavy (non-hydrogen) atoms. The third kappa shape index (κ3) is 2.96. The van der Waals surface area contributed by atoms with E-state index in [2.05, 4.69) is 4.98 Å². The van der Waals surface area contributed by atoms with Gasteiger partial charge in [-0.2, -0.15) is 0 Å². The normalized spacial score (nSPS) is 22.5. The number of morpholine rings is 1. The Hall–Kier alpha value is -1.40. The first-order valence-corrected chi connectivity index (χ1v) is 6.56. The van der Waals surface area contributed by atoms with Gasteiger partial charge < -0.3 is 19.3 Å². The van der Waals surface area contributed by atoms with Crippen LogP contribution < -0.4 is 10.5 Å². The molecule has 2 heterocycles. The first-order valence-electron chi connectivity index (χ1n) is 6.56. The van der Waals surface area contributed by atoms with Crippen molar-refractivity contribution >= 4 is 5.82 Å². The van der Waals surface area contributed by atoms with Crippen LogP contribution in [0.3, 0.4) is 0 Å². The number of hydrogen-bond acceptors (Lipinski definition) is 5. The minimum absolute atomic E-state index is 0.0608. The summed E-state index contributed by atoms with van der Waals surface area (Å²) in [6.07, 6.45) is 3.03. The Morgan fingerprint density at radius 2 is 2.32 bits per heavy atom. The van der Waals surface area contributed by atoms with E-state index in [1.807, 2.05) is 25.7 Å².